The van der Waals surface area contributed by atoms with Crippen LogP contribution in [0.4, 0.5) is 0 Å². The largest absolute Gasteiger partial charge is 0.379 e. The summed E-state index contributed by atoms with van der Waals surface area (Å²) < 4.78 is 4.88. The molecule has 1 aliphatic rings. The summed E-state index contributed by atoms with van der Waals surface area (Å²) in [6.07, 6.45) is 0. The molecule has 1 saturated heterocycles. The van der Waals surface area contributed by atoms with Gasteiger partial charge >= 0.3 is 0 Å². The van der Waals surface area contributed by atoms with Crippen LogP contribution in [0.15, 0.2) is 0 Å². The van der Waals surface area contributed by atoms with Gasteiger partial charge in [-0.2, -0.15) is 11.8 Å². The molecule has 0 bridgehead atoms. The van der Waals surface area contributed by atoms with Crippen molar-refractivity contribution in [2.75, 3.05) is 38.6 Å². The summed E-state index contributed by atoms with van der Waals surface area (Å²) in [4.78, 5) is 13.6. The van der Waals surface area contributed by atoms with E-state index in [1.54, 1.807) is 17.2 Å². The summed E-state index contributed by atoms with van der Waals surface area (Å²) in [5.41, 5.74) is 7.40. The van der Waals surface area contributed by atoms with E-state index in [9.17, 15) is 4.79 Å². The Morgan fingerprint density at radius 2 is 2.17 bits per heavy atom. The second-order valence-corrected chi connectivity index (χ2v) is 6.61. The quantitative estimate of drug-likeness (QED) is 0.455. The molecule has 1 atom stereocenters. The standard InChI is InChI=1S/C11H23N3O3S/c1-11(2,9(12)10(15)13-16)18-8-5-14-3-6-17-7-4-14/h9,16H,3-8,12H2,1-2H3,(H,13,15)/t9-/m0/s1. The zero-order chi connectivity index (χ0) is 13.6. The second-order valence-electron chi connectivity index (χ2n) is 4.86. The zero-order valence-corrected chi connectivity index (χ0v) is 11.8. The molecule has 106 valence electrons. The van der Waals surface area contributed by atoms with Crippen molar-refractivity contribution in [2.45, 2.75) is 24.6 Å². The SMILES string of the molecule is CC(C)(SCCN1CCOCC1)[C@@H](N)C(=O)NO. The smallest absolute Gasteiger partial charge is 0.261 e. The van der Waals surface area contributed by atoms with Crippen LogP contribution in [-0.4, -0.2) is 65.4 Å². The van der Waals surface area contributed by atoms with E-state index >= 15 is 0 Å². The van der Waals surface area contributed by atoms with E-state index in [2.05, 4.69) is 4.90 Å². The maximum Gasteiger partial charge on any atom is 0.261 e. The molecule has 7 heteroatoms. The van der Waals surface area contributed by atoms with Gasteiger partial charge in [-0.3, -0.25) is 14.9 Å². The van der Waals surface area contributed by atoms with E-state index in [1.807, 2.05) is 13.8 Å². The van der Waals surface area contributed by atoms with Gasteiger partial charge in [0, 0.05) is 30.1 Å². The van der Waals surface area contributed by atoms with Gasteiger partial charge in [0.25, 0.3) is 5.91 Å². The lowest BCUT2D eigenvalue weighted by Crippen LogP contribution is -2.51. The number of nitrogens with two attached hydrogens (primary N) is 1. The van der Waals surface area contributed by atoms with Crippen molar-refractivity contribution in [1.29, 1.82) is 0 Å². The van der Waals surface area contributed by atoms with Gasteiger partial charge in [0.1, 0.15) is 6.04 Å². The highest BCUT2D eigenvalue weighted by atomic mass is 32.2. The predicted molar refractivity (Wildman–Crippen MR) is 71.7 cm³/mol. The molecule has 0 radical (unpaired) electrons. The Bertz CT molecular complexity index is 270. The fraction of sp³-hybridized carbons (Fsp3) is 0.909. The Morgan fingerprint density at radius 1 is 1.56 bits per heavy atom. The third kappa shape index (κ3) is 4.74. The summed E-state index contributed by atoms with van der Waals surface area (Å²) in [6.45, 7) is 8.30. The highest BCUT2D eigenvalue weighted by Crippen LogP contribution is 2.27. The summed E-state index contributed by atoms with van der Waals surface area (Å²) in [5, 5.41) is 8.59. The fourth-order valence-electron chi connectivity index (χ4n) is 1.74. The topological polar surface area (TPSA) is 87.8 Å². The lowest BCUT2D eigenvalue weighted by Gasteiger charge is -2.31. The van der Waals surface area contributed by atoms with Crippen molar-refractivity contribution in [1.82, 2.24) is 10.4 Å². The Labute approximate surface area is 112 Å². The third-order valence-electron chi connectivity index (χ3n) is 3.13. The number of rotatable bonds is 6. The molecule has 0 unspecified atom stereocenters. The van der Waals surface area contributed by atoms with Crippen molar-refractivity contribution in [2.24, 2.45) is 5.73 Å². The number of morpholine rings is 1. The normalized spacial score (nSPS) is 19.6. The van der Waals surface area contributed by atoms with Gasteiger partial charge in [-0.1, -0.05) is 0 Å². The van der Waals surface area contributed by atoms with E-state index in [0.29, 0.717) is 0 Å². The molecule has 1 rings (SSSR count). The Kier molecular flexibility index (Phi) is 6.37. The molecule has 0 aliphatic carbocycles. The number of ether oxygens (including phenoxy) is 1. The molecule has 6 nitrogen and oxygen atoms in total. The van der Waals surface area contributed by atoms with Gasteiger partial charge in [0.2, 0.25) is 0 Å². The molecule has 1 fully saturated rings. The Balaban J connectivity index is 2.29. The average molecular weight is 277 g/mol. The summed E-state index contributed by atoms with van der Waals surface area (Å²) in [6, 6.07) is -0.725. The molecular formula is C11H23N3O3S. The average Bonchev–Trinajstić information content (AvgIpc) is 2.38. The molecule has 0 spiro atoms. The van der Waals surface area contributed by atoms with Crippen molar-refractivity contribution >= 4 is 17.7 Å². The van der Waals surface area contributed by atoms with Crippen LogP contribution in [0.2, 0.25) is 0 Å². The second kappa shape index (κ2) is 7.30. The number of hydroxylamine groups is 1. The summed E-state index contributed by atoms with van der Waals surface area (Å²) in [7, 11) is 0. The minimum absolute atomic E-state index is 0.404. The van der Waals surface area contributed by atoms with Gasteiger partial charge in [0.15, 0.2) is 0 Å². The first-order valence-electron chi connectivity index (χ1n) is 6.11. The van der Waals surface area contributed by atoms with Gasteiger partial charge in [-0.25, -0.2) is 5.48 Å². The highest BCUT2D eigenvalue weighted by Gasteiger charge is 2.32. The van der Waals surface area contributed by atoms with Crippen molar-refractivity contribution in [3.8, 4) is 0 Å². The number of hydrogen-bond donors (Lipinski definition) is 3. The molecule has 4 N–H and O–H groups in total. The molecule has 1 aliphatic heterocycles. The molecule has 0 saturated carbocycles. The van der Waals surface area contributed by atoms with Gasteiger partial charge in [-0.15, -0.1) is 0 Å². The van der Waals surface area contributed by atoms with Crippen LogP contribution >= 0.6 is 11.8 Å². The number of carbonyl (C=O) groups excluding carboxylic acids is 1. The third-order valence-corrected chi connectivity index (χ3v) is 4.51. The number of nitrogens with one attached hydrogen (secondary N) is 1. The van der Waals surface area contributed by atoms with Crippen LogP contribution in [0.5, 0.6) is 0 Å². The fourth-order valence-corrected chi connectivity index (χ4v) is 2.90. The van der Waals surface area contributed by atoms with Crippen LogP contribution in [0.1, 0.15) is 13.8 Å². The van der Waals surface area contributed by atoms with Crippen LogP contribution < -0.4 is 11.2 Å². The first-order chi connectivity index (χ1) is 8.47. The van der Waals surface area contributed by atoms with Gasteiger partial charge < -0.3 is 10.5 Å². The highest BCUT2D eigenvalue weighted by molar-refractivity contribution is 8.00. The molecule has 0 aromatic rings. The van der Waals surface area contributed by atoms with Crippen molar-refractivity contribution in [3.05, 3.63) is 0 Å². The van der Waals surface area contributed by atoms with E-state index in [0.717, 1.165) is 38.6 Å². The van der Waals surface area contributed by atoms with E-state index in [4.69, 9.17) is 15.7 Å². The van der Waals surface area contributed by atoms with Gasteiger partial charge in [-0.05, 0) is 13.8 Å². The minimum Gasteiger partial charge on any atom is -0.379 e. The van der Waals surface area contributed by atoms with Gasteiger partial charge in [0.05, 0.1) is 13.2 Å². The predicted octanol–water partition coefficient (Wildman–Crippen LogP) is -0.337. The minimum atomic E-state index is -0.725. The van der Waals surface area contributed by atoms with Crippen LogP contribution in [0, 0.1) is 0 Å². The Hall–Kier alpha value is -0.340. The van der Waals surface area contributed by atoms with Crippen LogP contribution in [-0.2, 0) is 9.53 Å². The Morgan fingerprint density at radius 3 is 2.72 bits per heavy atom. The maximum absolute atomic E-state index is 11.3. The lowest BCUT2D eigenvalue weighted by atomic mass is 10.0. The first-order valence-corrected chi connectivity index (χ1v) is 7.09. The molecule has 1 heterocycles. The van der Waals surface area contributed by atoms with Crippen molar-refractivity contribution in [3.63, 3.8) is 0 Å². The van der Waals surface area contributed by atoms with Crippen LogP contribution in [0.25, 0.3) is 0 Å². The van der Waals surface area contributed by atoms with Crippen LogP contribution in [0.3, 0.4) is 0 Å². The molecular weight excluding hydrogens is 254 g/mol. The number of amides is 1. The monoisotopic (exact) mass is 277 g/mol. The molecule has 1 amide bonds. The molecule has 18 heavy (non-hydrogen) atoms. The van der Waals surface area contributed by atoms with E-state index < -0.39 is 16.7 Å². The van der Waals surface area contributed by atoms with E-state index in [1.165, 1.54) is 0 Å². The summed E-state index contributed by atoms with van der Waals surface area (Å²) >= 11 is 1.64. The maximum atomic E-state index is 11.3. The first kappa shape index (κ1) is 15.7. The number of hydrogen-bond acceptors (Lipinski definition) is 6. The molecule has 0 aromatic heterocycles. The number of nitrogens with zero attached hydrogens (tertiary/aromatic N) is 1. The van der Waals surface area contributed by atoms with E-state index in [-0.39, 0.29) is 0 Å². The number of carbonyl (C=O) groups is 1. The molecule has 0 aromatic carbocycles. The zero-order valence-electron chi connectivity index (χ0n) is 11.0. The number of thioether (sulfide) groups is 1. The lowest BCUT2D eigenvalue weighted by molar-refractivity contribution is -0.131. The summed E-state index contributed by atoms with van der Waals surface area (Å²) in [5.74, 6) is 0.359. The van der Waals surface area contributed by atoms with Crippen molar-refractivity contribution < 1.29 is 14.7 Å².